The molecule has 2 aromatic carbocycles. The molecular formula is C16H22N4. The summed E-state index contributed by atoms with van der Waals surface area (Å²) >= 11 is 0. The number of nitrogens with one attached hydrogen (secondary N) is 2. The highest BCUT2D eigenvalue weighted by atomic mass is 15.6. The Kier molecular flexibility index (Phi) is 4.35. The molecule has 0 amide bonds. The number of hydrogen-bond acceptors (Lipinski definition) is 4. The van der Waals surface area contributed by atoms with Gasteiger partial charge in [-0.05, 0) is 24.3 Å². The van der Waals surface area contributed by atoms with Crippen molar-refractivity contribution in [1.29, 1.82) is 0 Å². The van der Waals surface area contributed by atoms with Crippen molar-refractivity contribution in [2.24, 2.45) is 0 Å². The number of anilines is 4. The highest BCUT2D eigenvalue weighted by Gasteiger charge is 2.13. The molecule has 2 N–H and O–H groups in total. The smallest absolute Gasteiger partial charge is 0.0802 e. The normalized spacial score (nSPS) is 10.0. The van der Waals surface area contributed by atoms with Gasteiger partial charge in [0.05, 0.1) is 22.7 Å². The Bertz CT molecular complexity index is 516. The highest BCUT2D eigenvalue weighted by molar-refractivity contribution is 5.76. The molecule has 0 bridgehead atoms. The van der Waals surface area contributed by atoms with Gasteiger partial charge in [0.25, 0.3) is 0 Å². The first kappa shape index (κ1) is 14.1. The Morgan fingerprint density at radius 2 is 1.00 bits per heavy atom. The predicted molar refractivity (Wildman–Crippen MR) is 88.8 cm³/mol. The molecule has 2 aromatic rings. The minimum Gasteiger partial charge on any atom is -0.386 e. The molecular weight excluding hydrogens is 248 g/mol. The summed E-state index contributed by atoms with van der Waals surface area (Å²) in [6.45, 7) is 0. The summed E-state index contributed by atoms with van der Waals surface area (Å²) < 4.78 is 0. The number of hydrazine groups is 1. The number of nitrogens with zero attached hydrogens (tertiary/aromatic N) is 2. The number of hydrogen-bond donors (Lipinski definition) is 2. The lowest BCUT2D eigenvalue weighted by atomic mass is 10.2. The van der Waals surface area contributed by atoms with Crippen LogP contribution in [-0.4, -0.2) is 28.2 Å². The Morgan fingerprint density at radius 1 is 0.650 bits per heavy atom. The third kappa shape index (κ3) is 2.64. The minimum absolute atomic E-state index is 1.10. The predicted octanol–water partition coefficient (Wildman–Crippen LogP) is 3.26. The van der Waals surface area contributed by atoms with Gasteiger partial charge < -0.3 is 10.6 Å². The first-order valence-electron chi connectivity index (χ1n) is 6.70. The fraction of sp³-hybridized carbons (Fsp3) is 0.250. The van der Waals surface area contributed by atoms with E-state index in [9.17, 15) is 0 Å². The second-order valence-corrected chi connectivity index (χ2v) is 4.58. The van der Waals surface area contributed by atoms with Gasteiger partial charge in [-0.3, -0.25) is 10.0 Å². The molecule has 0 radical (unpaired) electrons. The van der Waals surface area contributed by atoms with E-state index in [4.69, 9.17) is 0 Å². The van der Waals surface area contributed by atoms with Crippen LogP contribution in [0.4, 0.5) is 22.7 Å². The van der Waals surface area contributed by atoms with Crippen molar-refractivity contribution in [3.8, 4) is 0 Å². The topological polar surface area (TPSA) is 30.5 Å². The van der Waals surface area contributed by atoms with Crippen molar-refractivity contribution in [3.05, 3.63) is 48.5 Å². The third-order valence-electron chi connectivity index (χ3n) is 3.49. The van der Waals surface area contributed by atoms with Crippen molar-refractivity contribution in [1.82, 2.24) is 0 Å². The van der Waals surface area contributed by atoms with Crippen molar-refractivity contribution in [3.63, 3.8) is 0 Å². The SMILES string of the molecule is CNc1ccccc1N(C)N(C)c1ccccc1NC. The first-order valence-corrected chi connectivity index (χ1v) is 6.70. The largest absolute Gasteiger partial charge is 0.386 e. The van der Waals surface area contributed by atoms with Crippen LogP contribution in [0, 0.1) is 0 Å². The van der Waals surface area contributed by atoms with E-state index in [2.05, 4.69) is 59.0 Å². The van der Waals surface area contributed by atoms with Gasteiger partial charge in [-0.25, -0.2) is 0 Å². The summed E-state index contributed by atoms with van der Waals surface area (Å²) in [6.07, 6.45) is 0. The summed E-state index contributed by atoms with van der Waals surface area (Å²) in [5.41, 5.74) is 4.46. The van der Waals surface area contributed by atoms with Crippen LogP contribution in [0.1, 0.15) is 0 Å². The second kappa shape index (κ2) is 6.19. The molecule has 0 aliphatic rings. The highest BCUT2D eigenvalue weighted by Crippen LogP contribution is 2.30. The maximum Gasteiger partial charge on any atom is 0.0802 e. The lowest BCUT2D eigenvalue weighted by Crippen LogP contribution is -2.37. The standard InChI is InChI=1S/C16H22N4/c1-17-13-9-5-7-11-15(13)19(3)20(4)16-12-8-6-10-14(16)18-2/h5-12,17-18H,1-4H3. The van der Waals surface area contributed by atoms with E-state index >= 15 is 0 Å². The van der Waals surface area contributed by atoms with Crippen molar-refractivity contribution >= 4 is 22.7 Å². The van der Waals surface area contributed by atoms with Gasteiger partial charge in [-0.15, -0.1) is 0 Å². The monoisotopic (exact) mass is 270 g/mol. The average Bonchev–Trinajstić information content (AvgIpc) is 2.53. The van der Waals surface area contributed by atoms with Gasteiger partial charge in [-0.2, -0.15) is 0 Å². The van der Waals surface area contributed by atoms with E-state index in [1.165, 1.54) is 0 Å². The molecule has 0 aromatic heterocycles. The van der Waals surface area contributed by atoms with Crippen LogP contribution < -0.4 is 20.7 Å². The number of benzene rings is 2. The molecule has 0 fully saturated rings. The van der Waals surface area contributed by atoms with Gasteiger partial charge in [0.1, 0.15) is 0 Å². The lowest BCUT2D eigenvalue weighted by Gasteiger charge is -2.34. The Hall–Kier alpha value is -2.36. The summed E-state index contributed by atoms with van der Waals surface area (Å²) in [5.74, 6) is 0. The van der Waals surface area contributed by atoms with E-state index < -0.39 is 0 Å². The molecule has 0 spiro atoms. The zero-order valence-electron chi connectivity index (χ0n) is 12.5. The van der Waals surface area contributed by atoms with Gasteiger partial charge in [0.15, 0.2) is 0 Å². The summed E-state index contributed by atoms with van der Waals surface area (Å²) in [6, 6.07) is 16.5. The van der Waals surface area contributed by atoms with Crippen LogP contribution in [0.3, 0.4) is 0 Å². The molecule has 0 aliphatic heterocycles. The van der Waals surface area contributed by atoms with Gasteiger partial charge in [0.2, 0.25) is 0 Å². The zero-order valence-corrected chi connectivity index (χ0v) is 12.5. The molecule has 20 heavy (non-hydrogen) atoms. The molecule has 0 unspecified atom stereocenters. The molecule has 106 valence electrons. The van der Waals surface area contributed by atoms with Crippen LogP contribution in [0.5, 0.6) is 0 Å². The van der Waals surface area contributed by atoms with Gasteiger partial charge in [0, 0.05) is 28.2 Å². The Balaban J connectivity index is 2.35. The van der Waals surface area contributed by atoms with E-state index in [1.807, 2.05) is 38.4 Å². The summed E-state index contributed by atoms with van der Waals surface area (Å²) in [7, 11) is 7.99. The summed E-state index contributed by atoms with van der Waals surface area (Å²) in [5, 5.41) is 10.7. The zero-order chi connectivity index (χ0) is 14.5. The molecule has 0 saturated carbocycles. The maximum absolute atomic E-state index is 3.23. The maximum atomic E-state index is 3.23. The fourth-order valence-electron chi connectivity index (χ4n) is 2.26. The van der Waals surface area contributed by atoms with E-state index in [0.29, 0.717) is 0 Å². The van der Waals surface area contributed by atoms with Crippen molar-refractivity contribution in [2.45, 2.75) is 0 Å². The van der Waals surface area contributed by atoms with Gasteiger partial charge >= 0.3 is 0 Å². The van der Waals surface area contributed by atoms with Crippen LogP contribution in [0.25, 0.3) is 0 Å². The van der Waals surface area contributed by atoms with Crippen LogP contribution in [0.15, 0.2) is 48.5 Å². The van der Waals surface area contributed by atoms with Crippen LogP contribution in [0.2, 0.25) is 0 Å². The number of para-hydroxylation sites is 4. The second-order valence-electron chi connectivity index (χ2n) is 4.58. The number of rotatable bonds is 5. The van der Waals surface area contributed by atoms with E-state index in [-0.39, 0.29) is 0 Å². The quantitative estimate of drug-likeness (QED) is 0.816. The lowest BCUT2D eigenvalue weighted by molar-refractivity contribution is 0.892. The minimum atomic E-state index is 1.10. The molecule has 2 rings (SSSR count). The van der Waals surface area contributed by atoms with E-state index in [0.717, 1.165) is 22.7 Å². The molecule has 0 aliphatic carbocycles. The molecule has 0 saturated heterocycles. The third-order valence-corrected chi connectivity index (χ3v) is 3.49. The molecule has 0 atom stereocenters. The Morgan fingerprint density at radius 3 is 1.35 bits per heavy atom. The van der Waals surface area contributed by atoms with Crippen molar-refractivity contribution in [2.75, 3.05) is 48.8 Å². The molecule has 0 heterocycles. The Labute approximate surface area is 121 Å². The fourth-order valence-corrected chi connectivity index (χ4v) is 2.26. The van der Waals surface area contributed by atoms with Crippen molar-refractivity contribution < 1.29 is 0 Å². The van der Waals surface area contributed by atoms with Crippen LogP contribution >= 0.6 is 0 Å². The van der Waals surface area contributed by atoms with E-state index in [1.54, 1.807) is 0 Å². The summed E-state index contributed by atoms with van der Waals surface area (Å²) in [4.78, 5) is 0. The first-order chi connectivity index (χ1) is 9.69. The molecule has 4 heteroatoms. The van der Waals surface area contributed by atoms with Crippen LogP contribution in [-0.2, 0) is 0 Å². The van der Waals surface area contributed by atoms with Gasteiger partial charge in [-0.1, -0.05) is 24.3 Å². The molecule has 4 nitrogen and oxygen atoms in total. The average molecular weight is 270 g/mol.